The van der Waals surface area contributed by atoms with Gasteiger partial charge < -0.3 is 14.8 Å². The van der Waals surface area contributed by atoms with E-state index in [1.807, 2.05) is 6.92 Å². The fourth-order valence-corrected chi connectivity index (χ4v) is 2.29. The van der Waals surface area contributed by atoms with Gasteiger partial charge in [0.15, 0.2) is 11.6 Å². The third kappa shape index (κ3) is 3.59. The Kier molecular flexibility index (Phi) is 5.16. The quantitative estimate of drug-likeness (QED) is 0.920. The van der Waals surface area contributed by atoms with Gasteiger partial charge in [-0.25, -0.2) is 8.78 Å². The Morgan fingerprint density at radius 1 is 1.09 bits per heavy atom. The molecule has 4 nitrogen and oxygen atoms in total. The van der Waals surface area contributed by atoms with E-state index in [9.17, 15) is 13.6 Å². The van der Waals surface area contributed by atoms with Crippen LogP contribution in [-0.2, 0) is 6.54 Å². The van der Waals surface area contributed by atoms with Crippen molar-refractivity contribution in [2.24, 2.45) is 0 Å². The summed E-state index contributed by atoms with van der Waals surface area (Å²) in [6.45, 7) is 2.03. The molecule has 2 aromatic rings. The first-order valence-electron chi connectivity index (χ1n) is 6.91. The molecule has 0 saturated heterocycles. The summed E-state index contributed by atoms with van der Waals surface area (Å²) in [5.41, 5.74) is 1.62. The molecule has 0 radical (unpaired) electrons. The van der Waals surface area contributed by atoms with Crippen LogP contribution in [0.4, 0.5) is 8.78 Å². The first-order chi connectivity index (χ1) is 11.0. The second-order valence-corrected chi connectivity index (χ2v) is 4.90. The van der Waals surface area contributed by atoms with Crippen LogP contribution in [0, 0.1) is 18.6 Å². The van der Waals surface area contributed by atoms with Crippen LogP contribution in [0.2, 0.25) is 0 Å². The van der Waals surface area contributed by atoms with Gasteiger partial charge in [0.2, 0.25) is 0 Å². The molecule has 0 aliphatic heterocycles. The van der Waals surface area contributed by atoms with Crippen LogP contribution in [0.5, 0.6) is 11.5 Å². The molecule has 122 valence electrons. The number of carbonyl (C=O) groups excluding carboxylic acids is 1. The smallest absolute Gasteiger partial charge is 0.251 e. The standard InChI is InChI=1S/C17H17F2NO3/c1-10-15(22-2)7-5-12(16(10)23-3)9-20-17(21)11-4-6-13(18)14(19)8-11/h4-8H,9H2,1-3H3,(H,20,21). The van der Waals surface area contributed by atoms with Gasteiger partial charge in [-0.05, 0) is 37.3 Å². The van der Waals surface area contributed by atoms with E-state index in [2.05, 4.69) is 5.32 Å². The van der Waals surface area contributed by atoms with Crippen molar-refractivity contribution >= 4 is 5.91 Å². The summed E-state index contributed by atoms with van der Waals surface area (Å²) >= 11 is 0. The number of hydrogen-bond acceptors (Lipinski definition) is 3. The number of carbonyl (C=O) groups is 1. The summed E-state index contributed by atoms with van der Waals surface area (Å²) in [7, 11) is 3.09. The lowest BCUT2D eigenvalue weighted by molar-refractivity contribution is 0.0950. The topological polar surface area (TPSA) is 47.6 Å². The van der Waals surface area contributed by atoms with E-state index in [0.29, 0.717) is 11.5 Å². The Morgan fingerprint density at radius 2 is 1.83 bits per heavy atom. The first-order valence-corrected chi connectivity index (χ1v) is 6.91. The van der Waals surface area contributed by atoms with Crippen LogP contribution >= 0.6 is 0 Å². The third-order valence-electron chi connectivity index (χ3n) is 3.48. The van der Waals surface area contributed by atoms with Gasteiger partial charge in [-0.15, -0.1) is 0 Å². The molecule has 2 rings (SSSR count). The van der Waals surface area contributed by atoms with Crippen molar-refractivity contribution in [2.75, 3.05) is 14.2 Å². The van der Waals surface area contributed by atoms with Gasteiger partial charge in [0.1, 0.15) is 11.5 Å². The highest BCUT2D eigenvalue weighted by Crippen LogP contribution is 2.31. The van der Waals surface area contributed by atoms with Crippen LogP contribution in [0.1, 0.15) is 21.5 Å². The van der Waals surface area contributed by atoms with E-state index in [4.69, 9.17) is 9.47 Å². The lowest BCUT2D eigenvalue weighted by atomic mass is 10.1. The van der Waals surface area contributed by atoms with E-state index in [0.717, 1.165) is 23.3 Å². The molecular formula is C17H17F2NO3. The number of hydrogen-bond donors (Lipinski definition) is 1. The summed E-state index contributed by atoms with van der Waals surface area (Å²) in [5, 5.41) is 2.65. The van der Waals surface area contributed by atoms with Crippen molar-refractivity contribution in [3.05, 3.63) is 58.7 Å². The highest BCUT2D eigenvalue weighted by atomic mass is 19.2. The van der Waals surface area contributed by atoms with E-state index in [1.54, 1.807) is 19.2 Å². The zero-order valence-electron chi connectivity index (χ0n) is 13.1. The number of methoxy groups -OCH3 is 2. The van der Waals surface area contributed by atoms with Crippen LogP contribution < -0.4 is 14.8 Å². The number of ether oxygens (including phenoxy) is 2. The predicted molar refractivity (Wildman–Crippen MR) is 81.8 cm³/mol. The summed E-state index contributed by atoms with van der Waals surface area (Å²) in [6.07, 6.45) is 0. The van der Waals surface area contributed by atoms with Crippen LogP contribution in [-0.4, -0.2) is 20.1 Å². The minimum Gasteiger partial charge on any atom is -0.496 e. The molecular weight excluding hydrogens is 304 g/mol. The molecule has 23 heavy (non-hydrogen) atoms. The molecule has 0 bridgehead atoms. The predicted octanol–water partition coefficient (Wildman–Crippen LogP) is 3.22. The van der Waals surface area contributed by atoms with Crippen LogP contribution in [0.25, 0.3) is 0 Å². The Balaban J connectivity index is 2.15. The number of amides is 1. The zero-order valence-corrected chi connectivity index (χ0v) is 13.1. The zero-order chi connectivity index (χ0) is 17.0. The van der Waals surface area contributed by atoms with Crippen molar-refractivity contribution in [2.45, 2.75) is 13.5 Å². The van der Waals surface area contributed by atoms with E-state index in [1.165, 1.54) is 13.2 Å². The molecule has 2 aromatic carbocycles. The molecule has 1 N–H and O–H groups in total. The lowest BCUT2D eigenvalue weighted by Gasteiger charge is -2.15. The average Bonchev–Trinajstić information content (AvgIpc) is 2.55. The van der Waals surface area contributed by atoms with Gasteiger partial charge in [-0.3, -0.25) is 4.79 Å². The molecule has 0 unspecified atom stereocenters. The van der Waals surface area contributed by atoms with Crippen molar-refractivity contribution in [1.29, 1.82) is 0 Å². The molecule has 0 atom stereocenters. The molecule has 0 spiro atoms. The van der Waals surface area contributed by atoms with E-state index < -0.39 is 17.5 Å². The molecule has 0 aliphatic carbocycles. The SMILES string of the molecule is COc1ccc(CNC(=O)c2ccc(F)c(F)c2)c(OC)c1C. The molecule has 0 fully saturated rings. The van der Waals surface area contributed by atoms with E-state index in [-0.39, 0.29) is 12.1 Å². The summed E-state index contributed by atoms with van der Waals surface area (Å²) in [4.78, 5) is 12.0. The van der Waals surface area contributed by atoms with Gasteiger partial charge in [-0.2, -0.15) is 0 Å². The minimum atomic E-state index is -1.06. The van der Waals surface area contributed by atoms with Crippen molar-refractivity contribution in [3.63, 3.8) is 0 Å². The highest BCUT2D eigenvalue weighted by Gasteiger charge is 2.13. The van der Waals surface area contributed by atoms with Crippen LogP contribution in [0.15, 0.2) is 30.3 Å². The Bertz CT molecular complexity index is 732. The molecule has 1 amide bonds. The summed E-state index contributed by atoms with van der Waals surface area (Å²) in [6, 6.07) is 6.56. The average molecular weight is 321 g/mol. The Morgan fingerprint density at radius 3 is 2.43 bits per heavy atom. The summed E-state index contributed by atoms with van der Waals surface area (Å²) in [5.74, 6) is -1.27. The number of rotatable bonds is 5. The first kappa shape index (κ1) is 16.7. The maximum absolute atomic E-state index is 13.2. The summed E-state index contributed by atoms with van der Waals surface area (Å²) < 4.78 is 36.6. The fourth-order valence-electron chi connectivity index (χ4n) is 2.29. The molecule has 0 heterocycles. The van der Waals surface area contributed by atoms with Crippen molar-refractivity contribution < 1.29 is 23.0 Å². The largest absolute Gasteiger partial charge is 0.496 e. The van der Waals surface area contributed by atoms with Gasteiger partial charge in [0.25, 0.3) is 5.91 Å². The number of nitrogens with one attached hydrogen (secondary N) is 1. The van der Waals surface area contributed by atoms with Crippen molar-refractivity contribution in [3.8, 4) is 11.5 Å². The Labute approximate surface area is 133 Å². The molecule has 6 heteroatoms. The van der Waals surface area contributed by atoms with Crippen LogP contribution in [0.3, 0.4) is 0 Å². The molecule has 0 aliphatic rings. The van der Waals surface area contributed by atoms with E-state index >= 15 is 0 Å². The maximum atomic E-state index is 13.2. The minimum absolute atomic E-state index is 0.0492. The third-order valence-corrected chi connectivity index (χ3v) is 3.48. The monoisotopic (exact) mass is 321 g/mol. The lowest BCUT2D eigenvalue weighted by Crippen LogP contribution is -2.23. The van der Waals surface area contributed by atoms with Gasteiger partial charge in [0.05, 0.1) is 14.2 Å². The van der Waals surface area contributed by atoms with Gasteiger partial charge >= 0.3 is 0 Å². The number of halogens is 2. The Hall–Kier alpha value is -2.63. The second kappa shape index (κ2) is 7.09. The fraction of sp³-hybridized carbons (Fsp3) is 0.235. The second-order valence-electron chi connectivity index (χ2n) is 4.90. The maximum Gasteiger partial charge on any atom is 0.251 e. The van der Waals surface area contributed by atoms with Gasteiger partial charge in [0, 0.05) is 23.2 Å². The number of benzene rings is 2. The normalized spacial score (nSPS) is 10.3. The highest BCUT2D eigenvalue weighted by molar-refractivity contribution is 5.94. The molecule has 0 aromatic heterocycles. The molecule has 0 saturated carbocycles. The van der Waals surface area contributed by atoms with Crippen molar-refractivity contribution in [1.82, 2.24) is 5.32 Å². The van der Waals surface area contributed by atoms with Gasteiger partial charge in [-0.1, -0.05) is 0 Å².